The first kappa shape index (κ1) is 15.9. The van der Waals surface area contributed by atoms with Crippen LogP contribution in [-0.2, 0) is 6.54 Å². The molecule has 0 amide bonds. The van der Waals surface area contributed by atoms with Crippen molar-refractivity contribution in [2.24, 2.45) is 5.10 Å². The Morgan fingerprint density at radius 3 is 2.54 bits per heavy atom. The minimum atomic E-state index is 0.613. The van der Waals surface area contributed by atoms with Gasteiger partial charge >= 0.3 is 0 Å². The summed E-state index contributed by atoms with van der Waals surface area (Å²) in [5.74, 6) is 1.44. The fourth-order valence-electron chi connectivity index (χ4n) is 2.61. The van der Waals surface area contributed by atoms with Gasteiger partial charge in [0.05, 0.1) is 27.0 Å². The molecule has 0 heterocycles. The number of ether oxygens (including phenoxy) is 2. The Hall–Kier alpha value is -3.01. The van der Waals surface area contributed by atoms with Crippen LogP contribution in [0.2, 0.25) is 0 Å². The summed E-state index contributed by atoms with van der Waals surface area (Å²) in [6.45, 7) is 0.613. The monoisotopic (exact) mass is 320 g/mol. The quantitative estimate of drug-likeness (QED) is 0.552. The zero-order valence-electron chi connectivity index (χ0n) is 13.8. The molecule has 122 valence electrons. The van der Waals surface area contributed by atoms with Crippen molar-refractivity contribution >= 4 is 17.0 Å². The highest BCUT2D eigenvalue weighted by molar-refractivity contribution is 5.99. The average Bonchev–Trinajstić information content (AvgIpc) is 2.65. The fourth-order valence-corrected chi connectivity index (χ4v) is 2.61. The second kappa shape index (κ2) is 7.51. The molecule has 1 N–H and O–H groups in total. The van der Waals surface area contributed by atoms with E-state index in [1.807, 2.05) is 42.6 Å². The smallest absolute Gasteiger partial charge is 0.161 e. The molecule has 0 aliphatic carbocycles. The lowest BCUT2D eigenvalue weighted by molar-refractivity contribution is 0.354. The Kier molecular flexibility index (Phi) is 4.96. The molecule has 0 bridgehead atoms. The third-order valence-electron chi connectivity index (χ3n) is 3.85. The fraction of sp³-hybridized carbons (Fsp3) is 0.150. The minimum absolute atomic E-state index is 0.613. The normalized spacial score (nSPS) is 10.9. The van der Waals surface area contributed by atoms with Gasteiger partial charge in [0.2, 0.25) is 0 Å². The summed E-state index contributed by atoms with van der Waals surface area (Å²) in [6, 6.07) is 20.3. The van der Waals surface area contributed by atoms with Gasteiger partial charge in [-0.25, -0.2) is 0 Å². The number of hydrogen-bond donors (Lipinski definition) is 1. The Labute approximate surface area is 141 Å². The van der Waals surface area contributed by atoms with E-state index in [1.54, 1.807) is 14.2 Å². The Balaban J connectivity index is 1.68. The van der Waals surface area contributed by atoms with E-state index >= 15 is 0 Å². The van der Waals surface area contributed by atoms with Crippen molar-refractivity contribution in [1.29, 1.82) is 0 Å². The average molecular weight is 320 g/mol. The standard InChI is InChI=1S/C20H20N2O2/c1-23-19-11-10-15(12-20(19)24-2)13-21-22-14-17-8-5-7-16-6-3-4-9-18(16)17/h3-12,14,21H,13H2,1-2H3/b22-14-. The third kappa shape index (κ3) is 3.49. The lowest BCUT2D eigenvalue weighted by Crippen LogP contribution is -2.06. The van der Waals surface area contributed by atoms with E-state index in [1.165, 1.54) is 10.8 Å². The van der Waals surface area contributed by atoms with E-state index in [0.717, 1.165) is 22.6 Å². The van der Waals surface area contributed by atoms with Gasteiger partial charge in [-0.2, -0.15) is 5.10 Å². The van der Waals surface area contributed by atoms with Gasteiger partial charge in [0.15, 0.2) is 11.5 Å². The van der Waals surface area contributed by atoms with Crippen LogP contribution in [0.15, 0.2) is 65.8 Å². The molecule has 0 aromatic heterocycles. The van der Waals surface area contributed by atoms with Gasteiger partial charge in [-0.1, -0.05) is 48.5 Å². The van der Waals surface area contributed by atoms with Crippen molar-refractivity contribution in [3.05, 3.63) is 71.8 Å². The third-order valence-corrected chi connectivity index (χ3v) is 3.85. The molecule has 0 spiro atoms. The predicted molar refractivity (Wildman–Crippen MR) is 97.9 cm³/mol. The van der Waals surface area contributed by atoms with Crippen molar-refractivity contribution in [2.45, 2.75) is 6.54 Å². The number of nitrogens with zero attached hydrogens (tertiary/aromatic N) is 1. The van der Waals surface area contributed by atoms with Crippen molar-refractivity contribution in [3.63, 3.8) is 0 Å². The topological polar surface area (TPSA) is 42.8 Å². The Morgan fingerprint density at radius 1 is 0.917 bits per heavy atom. The maximum absolute atomic E-state index is 5.31. The second-order valence-corrected chi connectivity index (χ2v) is 5.35. The predicted octanol–water partition coefficient (Wildman–Crippen LogP) is 3.98. The number of methoxy groups -OCH3 is 2. The van der Waals surface area contributed by atoms with Crippen LogP contribution in [0.25, 0.3) is 10.8 Å². The maximum Gasteiger partial charge on any atom is 0.161 e. The summed E-state index contributed by atoms with van der Waals surface area (Å²) in [5.41, 5.74) is 5.24. The summed E-state index contributed by atoms with van der Waals surface area (Å²) in [4.78, 5) is 0. The van der Waals surface area contributed by atoms with E-state index in [4.69, 9.17) is 9.47 Å². The van der Waals surface area contributed by atoms with Crippen LogP contribution in [0.4, 0.5) is 0 Å². The SMILES string of the molecule is COc1ccc(CN/N=C\c2cccc3ccccc23)cc1OC. The zero-order valence-corrected chi connectivity index (χ0v) is 13.8. The van der Waals surface area contributed by atoms with Gasteiger partial charge in [0, 0.05) is 5.56 Å². The lowest BCUT2D eigenvalue weighted by atomic mass is 10.1. The highest BCUT2D eigenvalue weighted by Crippen LogP contribution is 2.27. The summed E-state index contributed by atoms with van der Waals surface area (Å²) < 4.78 is 10.6. The molecule has 4 nitrogen and oxygen atoms in total. The van der Waals surface area contributed by atoms with Crippen molar-refractivity contribution in [2.75, 3.05) is 14.2 Å². The molecule has 4 heteroatoms. The van der Waals surface area contributed by atoms with Crippen molar-refractivity contribution < 1.29 is 9.47 Å². The molecular weight excluding hydrogens is 300 g/mol. The summed E-state index contributed by atoms with van der Waals surface area (Å²) in [6.07, 6.45) is 1.85. The summed E-state index contributed by atoms with van der Waals surface area (Å²) >= 11 is 0. The summed E-state index contributed by atoms with van der Waals surface area (Å²) in [7, 11) is 3.26. The van der Waals surface area contributed by atoms with Crippen LogP contribution >= 0.6 is 0 Å². The van der Waals surface area contributed by atoms with Crippen molar-refractivity contribution in [3.8, 4) is 11.5 Å². The first-order valence-corrected chi connectivity index (χ1v) is 7.76. The molecular formula is C20H20N2O2. The van der Waals surface area contributed by atoms with Gasteiger partial charge in [0.1, 0.15) is 0 Å². The van der Waals surface area contributed by atoms with Crippen LogP contribution < -0.4 is 14.9 Å². The van der Waals surface area contributed by atoms with Gasteiger partial charge in [0.25, 0.3) is 0 Å². The second-order valence-electron chi connectivity index (χ2n) is 5.35. The van der Waals surface area contributed by atoms with Crippen LogP contribution in [0.5, 0.6) is 11.5 Å². The molecule has 0 aliphatic rings. The molecule has 3 rings (SSSR count). The van der Waals surface area contributed by atoms with Crippen LogP contribution in [0, 0.1) is 0 Å². The van der Waals surface area contributed by atoms with E-state index in [0.29, 0.717) is 6.54 Å². The van der Waals surface area contributed by atoms with Gasteiger partial charge in [-0.05, 0) is 28.5 Å². The van der Waals surface area contributed by atoms with Crippen LogP contribution in [0.3, 0.4) is 0 Å². The van der Waals surface area contributed by atoms with E-state index in [2.05, 4.69) is 34.8 Å². The first-order chi connectivity index (χ1) is 11.8. The van der Waals surface area contributed by atoms with E-state index in [9.17, 15) is 0 Å². The van der Waals surface area contributed by atoms with Gasteiger partial charge in [-0.15, -0.1) is 0 Å². The number of benzene rings is 3. The van der Waals surface area contributed by atoms with Gasteiger partial charge in [-0.3, -0.25) is 0 Å². The molecule has 3 aromatic carbocycles. The zero-order chi connectivity index (χ0) is 16.8. The number of fused-ring (bicyclic) bond motifs is 1. The molecule has 0 saturated carbocycles. The lowest BCUT2D eigenvalue weighted by Gasteiger charge is -2.09. The van der Waals surface area contributed by atoms with Crippen LogP contribution in [0.1, 0.15) is 11.1 Å². The Bertz CT molecular complexity index is 854. The minimum Gasteiger partial charge on any atom is -0.493 e. The molecule has 0 atom stereocenters. The number of nitrogens with one attached hydrogen (secondary N) is 1. The molecule has 0 saturated heterocycles. The largest absolute Gasteiger partial charge is 0.493 e. The van der Waals surface area contributed by atoms with Gasteiger partial charge < -0.3 is 14.9 Å². The number of hydrogen-bond acceptors (Lipinski definition) is 4. The first-order valence-electron chi connectivity index (χ1n) is 7.76. The van der Waals surface area contributed by atoms with Crippen molar-refractivity contribution in [1.82, 2.24) is 5.43 Å². The summed E-state index contributed by atoms with van der Waals surface area (Å²) in [5, 5.41) is 6.74. The highest BCUT2D eigenvalue weighted by Gasteiger charge is 2.03. The molecule has 0 aliphatic heterocycles. The molecule has 0 radical (unpaired) electrons. The molecule has 0 fully saturated rings. The van der Waals surface area contributed by atoms with E-state index < -0.39 is 0 Å². The Morgan fingerprint density at radius 2 is 1.71 bits per heavy atom. The molecule has 24 heavy (non-hydrogen) atoms. The molecule has 3 aromatic rings. The molecule has 0 unspecified atom stereocenters. The van der Waals surface area contributed by atoms with Crippen LogP contribution in [-0.4, -0.2) is 20.4 Å². The number of hydrazone groups is 1. The van der Waals surface area contributed by atoms with E-state index in [-0.39, 0.29) is 0 Å². The number of rotatable bonds is 6. The maximum atomic E-state index is 5.31. The highest BCUT2D eigenvalue weighted by atomic mass is 16.5.